The van der Waals surface area contributed by atoms with Crippen molar-refractivity contribution in [1.82, 2.24) is 4.90 Å². The Labute approximate surface area is 98.1 Å². The van der Waals surface area contributed by atoms with Crippen molar-refractivity contribution in [3.63, 3.8) is 0 Å². The van der Waals surface area contributed by atoms with E-state index >= 15 is 0 Å². The van der Waals surface area contributed by atoms with Gasteiger partial charge in [-0.25, -0.2) is 0 Å². The summed E-state index contributed by atoms with van der Waals surface area (Å²) in [5.41, 5.74) is 5.76. The molecule has 0 saturated carbocycles. The molecule has 0 aliphatic carbocycles. The molecule has 0 spiro atoms. The van der Waals surface area contributed by atoms with Gasteiger partial charge in [0.15, 0.2) is 0 Å². The number of nitrogens with zero attached hydrogens (tertiary/aromatic N) is 1. The average molecular weight is 228 g/mol. The minimum atomic E-state index is -0.354. The first-order valence-electron chi connectivity index (χ1n) is 6.17. The number of amides is 1. The van der Waals surface area contributed by atoms with E-state index in [1.807, 2.05) is 4.90 Å². The highest BCUT2D eigenvalue weighted by Gasteiger charge is 2.32. The molecule has 0 aromatic carbocycles. The van der Waals surface area contributed by atoms with Gasteiger partial charge in [0.1, 0.15) is 6.10 Å². The van der Waals surface area contributed by atoms with Crippen molar-refractivity contribution in [2.24, 2.45) is 11.7 Å². The van der Waals surface area contributed by atoms with Crippen molar-refractivity contribution in [3.05, 3.63) is 0 Å². The number of nitrogens with two attached hydrogens (primary N) is 1. The number of piperidine rings is 1. The van der Waals surface area contributed by atoms with Crippen LogP contribution in [0.3, 0.4) is 0 Å². The number of hydrogen-bond acceptors (Lipinski definition) is 3. The van der Waals surface area contributed by atoms with Crippen molar-refractivity contribution in [2.45, 2.75) is 45.3 Å². The van der Waals surface area contributed by atoms with Crippen LogP contribution in [0.25, 0.3) is 0 Å². The molecule has 1 fully saturated rings. The molecular formula is C12H24N2O2. The van der Waals surface area contributed by atoms with Gasteiger partial charge in [-0.2, -0.15) is 0 Å². The summed E-state index contributed by atoms with van der Waals surface area (Å²) in [7, 11) is 1.57. The van der Waals surface area contributed by atoms with Crippen molar-refractivity contribution in [1.29, 1.82) is 0 Å². The summed E-state index contributed by atoms with van der Waals surface area (Å²) in [6.07, 6.45) is 2.95. The van der Waals surface area contributed by atoms with Crippen molar-refractivity contribution in [3.8, 4) is 0 Å². The Balaban J connectivity index is 2.62. The fourth-order valence-electron chi connectivity index (χ4n) is 2.35. The number of hydrogen-bond donors (Lipinski definition) is 1. The lowest BCUT2D eigenvalue weighted by Crippen LogP contribution is -2.52. The highest BCUT2D eigenvalue weighted by atomic mass is 16.5. The lowest BCUT2D eigenvalue weighted by molar-refractivity contribution is -0.145. The second-order valence-corrected chi connectivity index (χ2v) is 4.60. The maximum atomic E-state index is 12.0. The molecule has 1 heterocycles. The third kappa shape index (κ3) is 2.95. The summed E-state index contributed by atoms with van der Waals surface area (Å²) in [6, 6.07) is 0.198. The van der Waals surface area contributed by atoms with E-state index in [0.717, 1.165) is 25.3 Å². The Kier molecular flexibility index (Phi) is 5.22. The first kappa shape index (κ1) is 13.5. The van der Waals surface area contributed by atoms with Gasteiger partial charge >= 0.3 is 0 Å². The molecule has 1 amide bonds. The predicted molar refractivity (Wildman–Crippen MR) is 64.0 cm³/mol. The molecule has 16 heavy (non-hydrogen) atoms. The van der Waals surface area contributed by atoms with Crippen LogP contribution in [0, 0.1) is 5.92 Å². The molecule has 3 atom stereocenters. The van der Waals surface area contributed by atoms with Crippen LogP contribution < -0.4 is 5.73 Å². The fourth-order valence-corrected chi connectivity index (χ4v) is 2.35. The monoisotopic (exact) mass is 228 g/mol. The molecule has 1 aliphatic heterocycles. The van der Waals surface area contributed by atoms with Gasteiger partial charge in [-0.3, -0.25) is 4.79 Å². The Morgan fingerprint density at radius 1 is 1.62 bits per heavy atom. The van der Waals surface area contributed by atoms with Crippen molar-refractivity contribution in [2.75, 3.05) is 20.2 Å². The van der Waals surface area contributed by atoms with Crippen LogP contribution in [0.5, 0.6) is 0 Å². The first-order valence-corrected chi connectivity index (χ1v) is 6.17. The van der Waals surface area contributed by atoms with Crippen molar-refractivity contribution < 1.29 is 9.53 Å². The maximum Gasteiger partial charge on any atom is 0.251 e. The Hall–Kier alpha value is -0.610. The molecule has 1 aliphatic rings. The van der Waals surface area contributed by atoms with Gasteiger partial charge in [0.05, 0.1) is 0 Å². The number of ether oxygens (including phenoxy) is 1. The van der Waals surface area contributed by atoms with Crippen LogP contribution in [0.4, 0.5) is 0 Å². The van der Waals surface area contributed by atoms with E-state index in [1.165, 1.54) is 6.42 Å². The Morgan fingerprint density at radius 3 is 2.81 bits per heavy atom. The SMILES string of the molecule is CCC1CCN(C(=O)C(C)OC)C(CN)C1. The molecule has 0 aromatic rings. The van der Waals surface area contributed by atoms with Crippen LogP contribution in [0.1, 0.15) is 33.1 Å². The zero-order chi connectivity index (χ0) is 12.1. The second kappa shape index (κ2) is 6.21. The molecule has 1 saturated heterocycles. The third-order valence-electron chi connectivity index (χ3n) is 3.66. The number of carbonyl (C=O) groups is 1. The predicted octanol–water partition coefficient (Wildman–Crippen LogP) is 0.997. The van der Waals surface area contributed by atoms with Crippen LogP contribution in [-0.2, 0) is 9.53 Å². The summed E-state index contributed by atoms with van der Waals surface area (Å²) >= 11 is 0. The highest BCUT2D eigenvalue weighted by Crippen LogP contribution is 2.25. The molecule has 3 unspecified atom stereocenters. The first-order chi connectivity index (χ1) is 7.63. The molecule has 94 valence electrons. The fraction of sp³-hybridized carbons (Fsp3) is 0.917. The zero-order valence-corrected chi connectivity index (χ0v) is 10.6. The van der Waals surface area contributed by atoms with Gasteiger partial charge in [0.2, 0.25) is 0 Å². The second-order valence-electron chi connectivity index (χ2n) is 4.60. The maximum absolute atomic E-state index is 12.0. The molecule has 1 rings (SSSR count). The zero-order valence-electron chi connectivity index (χ0n) is 10.6. The van der Waals surface area contributed by atoms with E-state index in [9.17, 15) is 4.79 Å². The summed E-state index contributed by atoms with van der Waals surface area (Å²) in [5, 5.41) is 0. The summed E-state index contributed by atoms with van der Waals surface area (Å²) in [5.74, 6) is 0.794. The lowest BCUT2D eigenvalue weighted by Gasteiger charge is -2.39. The van der Waals surface area contributed by atoms with Gasteiger partial charge in [-0.05, 0) is 25.7 Å². The summed E-state index contributed by atoms with van der Waals surface area (Å²) in [6.45, 7) is 5.38. The number of rotatable bonds is 4. The topological polar surface area (TPSA) is 55.6 Å². The van der Waals surface area contributed by atoms with Gasteiger partial charge in [-0.15, -0.1) is 0 Å². The van der Waals surface area contributed by atoms with Crippen LogP contribution >= 0.6 is 0 Å². The van der Waals surface area contributed by atoms with Gasteiger partial charge in [0, 0.05) is 26.2 Å². The molecular weight excluding hydrogens is 204 g/mol. The van der Waals surface area contributed by atoms with E-state index in [4.69, 9.17) is 10.5 Å². The van der Waals surface area contributed by atoms with Crippen LogP contribution in [-0.4, -0.2) is 43.2 Å². The molecule has 2 N–H and O–H groups in total. The Bertz CT molecular complexity index is 233. The third-order valence-corrected chi connectivity index (χ3v) is 3.66. The Morgan fingerprint density at radius 2 is 2.31 bits per heavy atom. The molecule has 0 aromatic heterocycles. The standard InChI is InChI=1S/C12H24N2O2/c1-4-10-5-6-14(11(7-10)8-13)12(15)9(2)16-3/h9-11H,4-8,13H2,1-3H3. The van der Waals surface area contributed by atoms with Crippen LogP contribution in [0.2, 0.25) is 0 Å². The molecule has 0 radical (unpaired) electrons. The minimum absolute atomic E-state index is 0.0764. The number of carbonyl (C=O) groups excluding carboxylic acids is 1. The van der Waals surface area contributed by atoms with E-state index in [1.54, 1.807) is 14.0 Å². The average Bonchev–Trinajstić information content (AvgIpc) is 2.35. The number of methoxy groups -OCH3 is 1. The van der Waals surface area contributed by atoms with E-state index in [2.05, 4.69) is 6.92 Å². The van der Waals surface area contributed by atoms with Crippen molar-refractivity contribution >= 4 is 5.91 Å². The molecule has 0 bridgehead atoms. The van der Waals surface area contributed by atoms with E-state index in [-0.39, 0.29) is 18.1 Å². The lowest BCUT2D eigenvalue weighted by atomic mass is 9.88. The highest BCUT2D eigenvalue weighted by molar-refractivity contribution is 5.81. The van der Waals surface area contributed by atoms with Crippen LogP contribution in [0.15, 0.2) is 0 Å². The smallest absolute Gasteiger partial charge is 0.251 e. The van der Waals surface area contributed by atoms with Gasteiger partial charge < -0.3 is 15.4 Å². The minimum Gasteiger partial charge on any atom is -0.372 e. The van der Waals surface area contributed by atoms with Gasteiger partial charge in [-0.1, -0.05) is 13.3 Å². The number of likely N-dealkylation sites (tertiary alicyclic amines) is 1. The summed E-state index contributed by atoms with van der Waals surface area (Å²) in [4.78, 5) is 13.9. The quantitative estimate of drug-likeness (QED) is 0.781. The summed E-state index contributed by atoms with van der Waals surface area (Å²) < 4.78 is 5.08. The van der Waals surface area contributed by atoms with E-state index in [0.29, 0.717) is 6.54 Å². The molecule has 4 nitrogen and oxygen atoms in total. The van der Waals surface area contributed by atoms with Gasteiger partial charge in [0.25, 0.3) is 5.91 Å². The normalized spacial score (nSPS) is 27.9. The largest absolute Gasteiger partial charge is 0.372 e. The molecule has 4 heteroatoms. The van der Waals surface area contributed by atoms with E-state index < -0.39 is 0 Å².